The molecule has 0 spiro atoms. The molecule has 0 aromatic heterocycles. The molecule has 6 nitrogen and oxygen atoms in total. The average Bonchev–Trinajstić information content (AvgIpc) is 2.69. The number of anilines is 1. The van der Waals surface area contributed by atoms with Crippen molar-refractivity contribution in [1.82, 2.24) is 4.72 Å². The lowest BCUT2D eigenvalue weighted by Gasteiger charge is -2.13. The Hall–Kier alpha value is -3.16. The van der Waals surface area contributed by atoms with Gasteiger partial charge in [0.05, 0.1) is 10.6 Å². The highest BCUT2D eigenvalue weighted by Gasteiger charge is 2.16. The van der Waals surface area contributed by atoms with Gasteiger partial charge in [-0.25, -0.2) is 13.1 Å². The summed E-state index contributed by atoms with van der Waals surface area (Å²) in [6.45, 7) is 3.93. The first-order valence-electron chi connectivity index (χ1n) is 9.13. The fourth-order valence-electron chi connectivity index (χ4n) is 2.74. The Balaban J connectivity index is 1.83. The number of nitrogens with one attached hydrogen (secondary N) is 2. The van der Waals surface area contributed by atoms with Gasteiger partial charge in [0, 0.05) is 12.1 Å². The van der Waals surface area contributed by atoms with Crippen molar-refractivity contribution >= 4 is 21.6 Å². The molecule has 2 N–H and O–H groups in total. The summed E-state index contributed by atoms with van der Waals surface area (Å²) in [7, 11) is -3.65. The van der Waals surface area contributed by atoms with Crippen LogP contribution in [-0.2, 0) is 10.0 Å². The van der Waals surface area contributed by atoms with E-state index in [1.54, 1.807) is 31.2 Å². The molecule has 0 saturated heterocycles. The Labute approximate surface area is 170 Å². The van der Waals surface area contributed by atoms with Crippen molar-refractivity contribution in [3.8, 4) is 11.5 Å². The Kier molecular flexibility index (Phi) is 6.31. The minimum atomic E-state index is -3.65. The molecule has 0 fully saturated rings. The van der Waals surface area contributed by atoms with Crippen LogP contribution in [0.25, 0.3) is 0 Å². The van der Waals surface area contributed by atoms with E-state index >= 15 is 0 Å². The Morgan fingerprint density at radius 3 is 2.48 bits per heavy atom. The summed E-state index contributed by atoms with van der Waals surface area (Å²) in [6.07, 6.45) is 0. The summed E-state index contributed by atoms with van der Waals surface area (Å²) in [6, 6.07) is 20.5. The first-order chi connectivity index (χ1) is 13.9. The van der Waals surface area contributed by atoms with Crippen LogP contribution >= 0.6 is 0 Å². The number of hydrogen-bond donors (Lipinski definition) is 2. The molecule has 0 unspecified atom stereocenters. The maximum absolute atomic E-state index is 12.7. The molecule has 7 heteroatoms. The number of carbonyl (C=O) groups is 1. The van der Waals surface area contributed by atoms with Crippen LogP contribution in [0.1, 0.15) is 22.8 Å². The van der Waals surface area contributed by atoms with Gasteiger partial charge in [-0.2, -0.15) is 0 Å². The van der Waals surface area contributed by atoms with Crippen molar-refractivity contribution < 1.29 is 17.9 Å². The lowest BCUT2D eigenvalue weighted by atomic mass is 10.2. The second kappa shape index (κ2) is 8.89. The number of hydrogen-bond acceptors (Lipinski definition) is 4. The predicted octanol–water partition coefficient (Wildman–Crippen LogP) is 4.34. The van der Waals surface area contributed by atoms with Crippen LogP contribution in [0.3, 0.4) is 0 Å². The molecule has 0 heterocycles. The van der Waals surface area contributed by atoms with Crippen LogP contribution in [-0.4, -0.2) is 20.9 Å². The van der Waals surface area contributed by atoms with Crippen molar-refractivity contribution in [3.63, 3.8) is 0 Å². The fraction of sp³-hybridized carbons (Fsp3) is 0.136. The number of aryl methyl sites for hydroxylation is 1. The predicted molar refractivity (Wildman–Crippen MR) is 113 cm³/mol. The highest BCUT2D eigenvalue weighted by Crippen LogP contribution is 2.30. The van der Waals surface area contributed by atoms with Gasteiger partial charge >= 0.3 is 0 Å². The minimum absolute atomic E-state index is 0.0382. The third-order valence-electron chi connectivity index (χ3n) is 4.09. The van der Waals surface area contributed by atoms with E-state index in [9.17, 15) is 13.2 Å². The van der Waals surface area contributed by atoms with Crippen molar-refractivity contribution in [2.45, 2.75) is 18.7 Å². The molecule has 1 amide bonds. The van der Waals surface area contributed by atoms with Crippen LogP contribution in [0.2, 0.25) is 0 Å². The first kappa shape index (κ1) is 20.6. The Bertz CT molecular complexity index is 1130. The molecule has 0 saturated carbocycles. The largest absolute Gasteiger partial charge is 0.455 e. The summed E-state index contributed by atoms with van der Waals surface area (Å²) in [5.74, 6) is 0.715. The van der Waals surface area contributed by atoms with Crippen LogP contribution in [0.15, 0.2) is 77.7 Å². The number of carbonyl (C=O) groups excluding carboxylic acids is 1. The van der Waals surface area contributed by atoms with E-state index in [2.05, 4.69) is 10.0 Å². The summed E-state index contributed by atoms with van der Waals surface area (Å²) >= 11 is 0. The van der Waals surface area contributed by atoms with Gasteiger partial charge < -0.3 is 10.1 Å². The van der Waals surface area contributed by atoms with Crippen LogP contribution in [0, 0.1) is 6.92 Å². The van der Waals surface area contributed by atoms with Gasteiger partial charge in [-0.15, -0.1) is 0 Å². The van der Waals surface area contributed by atoms with Crippen molar-refractivity contribution in [3.05, 3.63) is 83.9 Å². The minimum Gasteiger partial charge on any atom is -0.455 e. The maximum atomic E-state index is 12.7. The van der Waals surface area contributed by atoms with Crippen molar-refractivity contribution in [1.29, 1.82) is 0 Å². The number of amides is 1. The molecule has 3 rings (SSSR count). The second-order valence-corrected chi connectivity index (χ2v) is 8.16. The Morgan fingerprint density at radius 1 is 0.966 bits per heavy atom. The second-order valence-electron chi connectivity index (χ2n) is 6.40. The molecule has 0 aliphatic heterocycles. The standard InChI is InChI=1S/C22H22N2O4S/c1-3-23-29(26,27)19-11-7-9-17(15-19)22(25)24-20-12-4-5-13-21(20)28-18-10-6-8-16(2)14-18/h4-15,23H,3H2,1-2H3,(H,24,25). The third-order valence-corrected chi connectivity index (χ3v) is 5.64. The SMILES string of the molecule is CCNS(=O)(=O)c1cccc(C(=O)Nc2ccccc2Oc2cccc(C)c2)c1. The molecule has 29 heavy (non-hydrogen) atoms. The first-order valence-corrected chi connectivity index (χ1v) is 10.6. The molecule has 0 bridgehead atoms. The zero-order valence-electron chi connectivity index (χ0n) is 16.2. The van der Waals surface area contributed by atoms with E-state index in [0.717, 1.165) is 5.56 Å². The number of rotatable bonds is 7. The number of sulfonamides is 1. The molecule has 150 valence electrons. The topological polar surface area (TPSA) is 84.5 Å². The van der Waals surface area contributed by atoms with Crippen LogP contribution in [0.4, 0.5) is 5.69 Å². The quantitative estimate of drug-likeness (QED) is 0.607. The average molecular weight is 410 g/mol. The van der Waals surface area contributed by atoms with Crippen LogP contribution in [0.5, 0.6) is 11.5 Å². The van der Waals surface area contributed by atoms with E-state index in [1.807, 2.05) is 37.3 Å². The molecular formula is C22H22N2O4S. The van der Waals surface area contributed by atoms with E-state index in [0.29, 0.717) is 17.2 Å². The summed E-state index contributed by atoms with van der Waals surface area (Å²) in [4.78, 5) is 12.8. The normalized spacial score (nSPS) is 11.1. The molecule has 0 atom stereocenters. The van der Waals surface area contributed by atoms with Gasteiger partial charge in [0.1, 0.15) is 5.75 Å². The lowest BCUT2D eigenvalue weighted by molar-refractivity contribution is 0.102. The maximum Gasteiger partial charge on any atom is 0.255 e. The molecule has 3 aromatic carbocycles. The summed E-state index contributed by atoms with van der Waals surface area (Å²) in [5.41, 5.74) is 1.77. The molecule has 0 aliphatic rings. The molecule has 0 aliphatic carbocycles. The number of para-hydroxylation sites is 2. The molecule has 3 aromatic rings. The van der Waals surface area contributed by atoms with E-state index in [4.69, 9.17) is 4.74 Å². The van der Waals surface area contributed by atoms with Gasteiger partial charge in [0.15, 0.2) is 5.75 Å². The zero-order valence-corrected chi connectivity index (χ0v) is 17.0. The lowest BCUT2D eigenvalue weighted by Crippen LogP contribution is -2.23. The smallest absolute Gasteiger partial charge is 0.255 e. The van der Waals surface area contributed by atoms with Crippen molar-refractivity contribution in [2.75, 3.05) is 11.9 Å². The van der Waals surface area contributed by atoms with E-state index in [-0.39, 0.29) is 17.0 Å². The van der Waals surface area contributed by atoms with Gasteiger partial charge in [0.2, 0.25) is 10.0 Å². The highest BCUT2D eigenvalue weighted by atomic mass is 32.2. The number of benzene rings is 3. The van der Waals surface area contributed by atoms with Gasteiger partial charge in [0.25, 0.3) is 5.91 Å². The number of ether oxygens (including phenoxy) is 1. The van der Waals surface area contributed by atoms with Gasteiger partial charge in [-0.05, 0) is 55.0 Å². The summed E-state index contributed by atoms with van der Waals surface area (Å²) < 4.78 is 32.7. The molecular weight excluding hydrogens is 388 g/mol. The fourth-order valence-corrected chi connectivity index (χ4v) is 3.82. The third kappa shape index (κ3) is 5.22. The van der Waals surface area contributed by atoms with Crippen LogP contribution < -0.4 is 14.8 Å². The zero-order chi connectivity index (χ0) is 20.9. The Morgan fingerprint density at radius 2 is 1.72 bits per heavy atom. The van der Waals surface area contributed by atoms with Crippen molar-refractivity contribution in [2.24, 2.45) is 0 Å². The molecule has 0 radical (unpaired) electrons. The highest BCUT2D eigenvalue weighted by molar-refractivity contribution is 7.89. The van der Waals surface area contributed by atoms with Gasteiger partial charge in [-0.1, -0.05) is 37.3 Å². The summed E-state index contributed by atoms with van der Waals surface area (Å²) in [5, 5.41) is 2.79. The monoisotopic (exact) mass is 410 g/mol. The van der Waals surface area contributed by atoms with E-state index < -0.39 is 15.9 Å². The van der Waals surface area contributed by atoms with Gasteiger partial charge in [-0.3, -0.25) is 4.79 Å². The van der Waals surface area contributed by atoms with E-state index in [1.165, 1.54) is 18.2 Å².